The summed E-state index contributed by atoms with van der Waals surface area (Å²) >= 11 is 7.36. The van der Waals surface area contributed by atoms with Crippen LogP contribution in [0.25, 0.3) is 21.6 Å². The van der Waals surface area contributed by atoms with Crippen LogP contribution in [-0.4, -0.2) is 43.4 Å². The van der Waals surface area contributed by atoms with E-state index in [1.54, 1.807) is 84.0 Å². The highest BCUT2D eigenvalue weighted by molar-refractivity contribution is 7.18. The molecule has 0 spiro atoms. The van der Waals surface area contributed by atoms with Crippen LogP contribution in [0.1, 0.15) is 63.7 Å². The minimum atomic E-state index is -1.18. The molecule has 1 unspecified atom stereocenters. The highest BCUT2D eigenvalue weighted by atomic mass is 35.5. The summed E-state index contributed by atoms with van der Waals surface area (Å²) in [5.74, 6) is 0.0341. The first-order valence-electron chi connectivity index (χ1n) is 12.5. The van der Waals surface area contributed by atoms with Crippen LogP contribution < -0.4 is 4.90 Å². The quantitative estimate of drug-likeness (QED) is 0.247. The Bertz CT molecular complexity index is 1640. The summed E-state index contributed by atoms with van der Waals surface area (Å²) in [5.41, 5.74) is -0.668. The smallest absolute Gasteiger partial charge is 0.425 e. The number of nitriles is 1. The van der Waals surface area contributed by atoms with Crippen molar-refractivity contribution in [3.8, 4) is 17.5 Å². The maximum atomic E-state index is 13.5. The summed E-state index contributed by atoms with van der Waals surface area (Å²) in [6.45, 7) is 10.0. The number of hydrogen-bond acceptors (Lipinski definition) is 10. The lowest BCUT2D eigenvalue weighted by molar-refractivity contribution is 0.0429. The SMILES string of the molecule is CC(C)(C)OC(=O)N(C(=O)OC(C)(C)C)c1nc(-c2cccc(C#N)c2)nc2sc(C(O)c3cccnc3Cl)cc12. The van der Waals surface area contributed by atoms with Crippen molar-refractivity contribution in [1.82, 2.24) is 15.0 Å². The van der Waals surface area contributed by atoms with Gasteiger partial charge in [-0.1, -0.05) is 29.8 Å². The van der Waals surface area contributed by atoms with E-state index in [0.717, 1.165) is 16.2 Å². The molecule has 10 nitrogen and oxygen atoms in total. The first-order valence-corrected chi connectivity index (χ1v) is 13.7. The van der Waals surface area contributed by atoms with E-state index in [9.17, 15) is 20.0 Å². The maximum Gasteiger partial charge on any atom is 0.425 e. The molecule has 0 aliphatic rings. The molecular formula is C29H28ClN5O5S. The van der Waals surface area contributed by atoms with E-state index in [0.29, 0.717) is 31.8 Å². The van der Waals surface area contributed by atoms with E-state index in [1.165, 1.54) is 6.20 Å². The molecule has 0 aliphatic carbocycles. The van der Waals surface area contributed by atoms with Crippen molar-refractivity contribution in [2.24, 2.45) is 0 Å². The topological polar surface area (TPSA) is 139 Å². The standard InChI is InChI=1S/C29H28ClN5O5S/c1-28(2,3)39-26(37)35(27(38)40-29(4,5)6)24-19-14-20(21(36)18-11-8-12-32-22(18)30)41-25(19)34-23(33-24)17-10-7-9-16(13-17)15-31/h7-14,21,36H,1-6H3. The molecular weight excluding hydrogens is 566 g/mol. The molecule has 0 bridgehead atoms. The van der Waals surface area contributed by atoms with Crippen molar-refractivity contribution in [3.63, 3.8) is 0 Å². The molecule has 1 aromatic carbocycles. The van der Waals surface area contributed by atoms with Gasteiger partial charge in [-0.25, -0.2) is 24.5 Å². The number of carbonyl (C=O) groups excluding carboxylic acids is 2. The number of aliphatic hydroxyl groups is 1. The lowest BCUT2D eigenvalue weighted by atomic mass is 10.1. The van der Waals surface area contributed by atoms with E-state index in [2.05, 4.69) is 21.0 Å². The number of nitrogens with zero attached hydrogens (tertiary/aromatic N) is 5. The molecule has 41 heavy (non-hydrogen) atoms. The second kappa shape index (κ2) is 11.4. The molecule has 212 valence electrons. The molecule has 1 atom stereocenters. The van der Waals surface area contributed by atoms with Gasteiger partial charge in [0.2, 0.25) is 0 Å². The van der Waals surface area contributed by atoms with Crippen LogP contribution in [0.5, 0.6) is 0 Å². The van der Waals surface area contributed by atoms with Crippen LogP contribution in [0.15, 0.2) is 48.7 Å². The first kappa shape index (κ1) is 29.9. The molecule has 3 aromatic heterocycles. The summed E-state index contributed by atoms with van der Waals surface area (Å²) in [5, 5.41) is 21.0. The van der Waals surface area contributed by atoms with Gasteiger partial charge in [0.15, 0.2) is 11.6 Å². The molecule has 0 radical (unpaired) electrons. The predicted molar refractivity (Wildman–Crippen MR) is 156 cm³/mol. The molecule has 0 aliphatic heterocycles. The number of pyridine rings is 1. The number of ether oxygens (including phenoxy) is 2. The lowest BCUT2D eigenvalue weighted by Gasteiger charge is -2.28. The van der Waals surface area contributed by atoms with Gasteiger partial charge in [0.25, 0.3) is 0 Å². The van der Waals surface area contributed by atoms with E-state index in [1.807, 2.05) is 0 Å². The monoisotopic (exact) mass is 593 g/mol. The van der Waals surface area contributed by atoms with Crippen molar-refractivity contribution < 1.29 is 24.2 Å². The van der Waals surface area contributed by atoms with Crippen LogP contribution in [0.4, 0.5) is 15.4 Å². The normalized spacial score (nSPS) is 12.5. The summed E-state index contributed by atoms with van der Waals surface area (Å²) in [7, 11) is 0. The zero-order valence-corrected chi connectivity index (χ0v) is 24.9. The minimum absolute atomic E-state index is 0.108. The molecule has 0 fully saturated rings. The average molecular weight is 594 g/mol. The number of aromatic nitrogens is 3. The second-order valence-electron chi connectivity index (χ2n) is 11.0. The van der Waals surface area contributed by atoms with Crippen LogP contribution >= 0.6 is 22.9 Å². The van der Waals surface area contributed by atoms with Crippen molar-refractivity contribution >= 4 is 51.2 Å². The van der Waals surface area contributed by atoms with Crippen molar-refractivity contribution in [1.29, 1.82) is 5.26 Å². The fourth-order valence-electron chi connectivity index (χ4n) is 3.71. The van der Waals surface area contributed by atoms with E-state index < -0.39 is 29.5 Å². The zero-order chi connectivity index (χ0) is 30.1. The van der Waals surface area contributed by atoms with E-state index >= 15 is 0 Å². The summed E-state index contributed by atoms with van der Waals surface area (Å²) in [6.07, 6.45) is -1.68. The van der Waals surface area contributed by atoms with Crippen molar-refractivity contribution in [2.45, 2.75) is 58.8 Å². The van der Waals surface area contributed by atoms with Gasteiger partial charge in [-0.2, -0.15) is 10.2 Å². The van der Waals surface area contributed by atoms with Gasteiger partial charge >= 0.3 is 12.2 Å². The van der Waals surface area contributed by atoms with Crippen LogP contribution in [0.3, 0.4) is 0 Å². The third kappa shape index (κ3) is 6.97. The Morgan fingerprint density at radius 2 is 1.68 bits per heavy atom. The van der Waals surface area contributed by atoms with Crippen molar-refractivity contribution in [3.05, 3.63) is 69.8 Å². The Labute approximate surface area is 246 Å². The molecule has 0 saturated heterocycles. The first-order chi connectivity index (χ1) is 19.2. The largest absolute Gasteiger partial charge is 0.443 e. The third-order valence-electron chi connectivity index (χ3n) is 5.36. The Morgan fingerprint density at radius 1 is 1.02 bits per heavy atom. The Morgan fingerprint density at radius 3 is 2.27 bits per heavy atom. The number of thiophene rings is 1. The number of rotatable bonds is 4. The van der Waals surface area contributed by atoms with Gasteiger partial charge < -0.3 is 14.6 Å². The minimum Gasteiger partial charge on any atom is -0.443 e. The fourth-order valence-corrected chi connectivity index (χ4v) is 4.96. The number of halogens is 1. The molecule has 4 aromatic rings. The van der Waals surface area contributed by atoms with Crippen molar-refractivity contribution in [2.75, 3.05) is 4.90 Å². The van der Waals surface area contributed by atoms with Gasteiger partial charge in [0, 0.05) is 22.2 Å². The molecule has 12 heteroatoms. The number of aliphatic hydroxyl groups excluding tert-OH is 1. The maximum absolute atomic E-state index is 13.5. The summed E-state index contributed by atoms with van der Waals surface area (Å²) in [4.78, 5) is 41.8. The second-order valence-corrected chi connectivity index (χ2v) is 12.4. The Hall–Kier alpha value is -4.11. The van der Waals surface area contributed by atoms with Crippen LogP contribution in [-0.2, 0) is 9.47 Å². The Kier molecular flexibility index (Phi) is 8.31. The number of carbonyl (C=O) groups is 2. The van der Waals surface area contributed by atoms with Gasteiger partial charge in [-0.05, 0) is 65.8 Å². The Balaban J connectivity index is 1.98. The number of amides is 2. The predicted octanol–water partition coefficient (Wildman–Crippen LogP) is 7.04. The number of benzene rings is 1. The third-order valence-corrected chi connectivity index (χ3v) is 6.75. The highest BCUT2D eigenvalue weighted by Crippen LogP contribution is 2.39. The number of hydrogen-bond donors (Lipinski definition) is 1. The van der Waals surface area contributed by atoms with E-state index in [4.69, 9.17) is 21.1 Å². The summed E-state index contributed by atoms with van der Waals surface area (Å²) < 4.78 is 11.1. The van der Waals surface area contributed by atoms with Gasteiger partial charge in [-0.15, -0.1) is 11.3 Å². The molecule has 0 saturated carbocycles. The highest BCUT2D eigenvalue weighted by Gasteiger charge is 2.36. The van der Waals surface area contributed by atoms with Crippen LogP contribution in [0, 0.1) is 11.3 Å². The number of fused-ring (bicyclic) bond motifs is 1. The van der Waals surface area contributed by atoms with Crippen LogP contribution in [0.2, 0.25) is 5.15 Å². The molecule has 4 rings (SSSR count). The molecule has 1 N–H and O–H groups in total. The summed E-state index contributed by atoms with van der Waals surface area (Å²) in [6, 6.07) is 13.6. The molecule has 2 amide bonds. The zero-order valence-electron chi connectivity index (χ0n) is 23.3. The number of imide groups is 1. The average Bonchev–Trinajstić information content (AvgIpc) is 3.31. The van der Waals surface area contributed by atoms with Gasteiger partial charge in [-0.3, -0.25) is 0 Å². The lowest BCUT2D eigenvalue weighted by Crippen LogP contribution is -2.44. The van der Waals surface area contributed by atoms with Gasteiger partial charge in [0.1, 0.15) is 27.3 Å². The number of anilines is 1. The fraction of sp³-hybridized carbons (Fsp3) is 0.310. The van der Waals surface area contributed by atoms with E-state index in [-0.39, 0.29) is 16.8 Å². The van der Waals surface area contributed by atoms with Gasteiger partial charge in [0.05, 0.1) is 17.0 Å². The molecule has 3 heterocycles.